The van der Waals surface area contributed by atoms with Crippen molar-refractivity contribution in [3.63, 3.8) is 0 Å². The molecule has 5 heteroatoms. The number of halogens is 1. The van der Waals surface area contributed by atoms with E-state index in [9.17, 15) is 14.3 Å². The zero-order chi connectivity index (χ0) is 15.5. The summed E-state index contributed by atoms with van der Waals surface area (Å²) in [5.74, 6) is -0.157. The van der Waals surface area contributed by atoms with Gasteiger partial charge in [-0.15, -0.1) is 0 Å². The molecule has 1 aromatic heterocycles. The van der Waals surface area contributed by atoms with Gasteiger partial charge in [-0.2, -0.15) is 0 Å². The number of carbonyl (C=O) groups excluding carboxylic acids is 1. The lowest BCUT2D eigenvalue weighted by Gasteiger charge is -2.17. The molecule has 3 rings (SSSR count). The average Bonchev–Trinajstić information content (AvgIpc) is 3.15. The number of amides is 1. The summed E-state index contributed by atoms with van der Waals surface area (Å²) < 4.78 is 13.3. The molecule has 1 aromatic carbocycles. The highest BCUT2D eigenvalue weighted by Gasteiger charge is 2.23. The number of aromatic amines is 1. The molecule has 1 unspecified atom stereocenters. The normalized spacial score (nSPS) is 17.0. The zero-order valence-corrected chi connectivity index (χ0v) is 12.4. The van der Waals surface area contributed by atoms with Crippen LogP contribution in [0.1, 0.15) is 31.2 Å². The Morgan fingerprint density at radius 3 is 2.95 bits per heavy atom. The van der Waals surface area contributed by atoms with Gasteiger partial charge in [-0.3, -0.25) is 4.79 Å². The van der Waals surface area contributed by atoms with E-state index in [4.69, 9.17) is 0 Å². The first-order chi connectivity index (χ1) is 10.6. The molecule has 2 aromatic rings. The van der Waals surface area contributed by atoms with Crippen molar-refractivity contribution in [2.45, 2.75) is 38.2 Å². The number of fused-ring (bicyclic) bond motifs is 1. The SMILES string of the molecule is O=C(Cc1c[nH]c2ccc(F)cc12)NCC(O)C1CCCC1. The third-order valence-corrected chi connectivity index (χ3v) is 4.53. The van der Waals surface area contributed by atoms with Crippen molar-refractivity contribution in [1.82, 2.24) is 10.3 Å². The van der Waals surface area contributed by atoms with Gasteiger partial charge in [-0.05, 0) is 42.5 Å². The maximum atomic E-state index is 13.3. The van der Waals surface area contributed by atoms with E-state index in [0.717, 1.165) is 42.1 Å². The number of hydrogen-bond donors (Lipinski definition) is 3. The molecule has 0 aliphatic heterocycles. The Hall–Kier alpha value is -1.88. The Morgan fingerprint density at radius 2 is 2.18 bits per heavy atom. The van der Waals surface area contributed by atoms with Crippen LogP contribution >= 0.6 is 0 Å². The fourth-order valence-electron chi connectivity index (χ4n) is 3.26. The monoisotopic (exact) mass is 304 g/mol. The second-order valence-corrected chi connectivity index (χ2v) is 6.10. The first-order valence-electron chi connectivity index (χ1n) is 7.84. The summed E-state index contributed by atoms with van der Waals surface area (Å²) in [4.78, 5) is 15.1. The number of H-pyrrole nitrogens is 1. The first-order valence-corrected chi connectivity index (χ1v) is 7.84. The summed E-state index contributed by atoms with van der Waals surface area (Å²) >= 11 is 0. The van der Waals surface area contributed by atoms with Crippen LogP contribution in [0.4, 0.5) is 4.39 Å². The molecule has 0 saturated heterocycles. The van der Waals surface area contributed by atoms with Crippen LogP contribution in [-0.2, 0) is 11.2 Å². The number of benzene rings is 1. The minimum Gasteiger partial charge on any atom is -0.391 e. The minimum atomic E-state index is -0.466. The second kappa shape index (κ2) is 6.48. The third kappa shape index (κ3) is 3.30. The van der Waals surface area contributed by atoms with Gasteiger partial charge in [0.15, 0.2) is 0 Å². The van der Waals surface area contributed by atoms with Crippen molar-refractivity contribution in [1.29, 1.82) is 0 Å². The van der Waals surface area contributed by atoms with Gasteiger partial charge in [0.25, 0.3) is 0 Å². The van der Waals surface area contributed by atoms with Crippen molar-refractivity contribution >= 4 is 16.8 Å². The van der Waals surface area contributed by atoms with Gasteiger partial charge in [-0.1, -0.05) is 12.8 Å². The fourth-order valence-corrected chi connectivity index (χ4v) is 3.26. The standard InChI is InChI=1S/C17H21FN2O2/c18-13-5-6-15-14(8-13)12(9-19-15)7-17(22)20-10-16(21)11-3-1-2-4-11/h5-6,8-9,11,16,19,21H,1-4,7,10H2,(H,20,22). The van der Waals surface area contributed by atoms with Gasteiger partial charge in [0.1, 0.15) is 5.82 Å². The fraction of sp³-hybridized carbons (Fsp3) is 0.471. The van der Waals surface area contributed by atoms with E-state index >= 15 is 0 Å². The van der Waals surface area contributed by atoms with E-state index in [2.05, 4.69) is 10.3 Å². The van der Waals surface area contributed by atoms with Gasteiger partial charge in [-0.25, -0.2) is 4.39 Å². The lowest BCUT2D eigenvalue weighted by molar-refractivity contribution is -0.121. The highest BCUT2D eigenvalue weighted by atomic mass is 19.1. The van der Waals surface area contributed by atoms with Crippen LogP contribution in [0.15, 0.2) is 24.4 Å². The van der Waals surface area contributed by atoms with Crippen LogP contribution in [0.25, 0.3) is 10.9 Å². The van der Waals surface area contributed by atoms with E-state index in [1.807, 2.05) is 0 Å². The summed E-state index contributed by atoms with van der Waals surface area (Å²) in [5.41, 5.74) is 1.58. The molecule has 22 heavy (non-hydrogen) atoms. The number of aromatic nitrogens is 1. The summed E-state index contributed by atoms with van der Waals surface area (Å²) in [7, 11) is 0. The predicted octanol–water partition coefficient (Wildman–Crippen LogP) is 2.52. The smallest absolute Gasteiger partial charge is 0.224 e. The lowest BCUT2D eigenvalue weighted by Crippen LogP contribution is -2.36. The van der Waals surface area contributed by atoms with Gasteiger partial charge < -0.3 is 15.4 Å². The maximum Gasteiger partial charge on any atom is 0.224 e. The van der Waals surface area contributed by atoms with Crippen molar-refractivity contribution in [3.05, 3.63) is 35.8 Å². The van der Waals surface area contributed by atoms with Crippen molar-refractivity contribution < 1.29 is 14.3 Å². The van der Waals surface area contributed by atoms with Crippen LogP contribution in [0, 0.1) is 11.7 Å². The number of hydrogen-bond acceptors (Lipinski definition) is 2. The minimum absolute atomic E-state index is 0.151. The highest BCUT2D eigenvalue weighted by molar-refractivity contribution is 5.88. The molecule has 1 fully saturated rings. The topological polar surface area (TPSA) is 65.1 Å². The Balaban J connectivity index is 1.57. The van der Waals surface area contributed by atoms with Gasteiger partial charge in [0.2, 0.25) is 5.91 Å². The van der Waals surface area contributed by atoms with Gasteiger partial charge in [0, 0.05) is 23.6 Å². The molecule has 1 amide bonds. The molecule has 1 aliphatic carbocycles. The summed E-state index contributed by atoms with van der Waals surface area (Å²) in [5, 5.41) is 13.6. The number of aliphatic hydroxyl groups is 1. The van der Waals surface area contributed by atoms with Crippen LogP contribution < -0.4 is 5.32 Å². The van der Waals surface area contributed by atoms with E-state index < -0.39 is 6.10 Å². The third-order valence-electron chi connectivity index (χ3n) is 4.53. The summed E-state index contributed by atoms with van der Waals surface area (Å²) in [6.07, 6.45) is 5.86. The van der Waals surface area contributed by atoms with Crippen LogP contribution in [0.2, 0.25) is 0 Å². The second-order valence-electron chi connectivity index (χ2n) is 6.10. The molecule has 0 spiro atoms. The molecular weight excluding hydrogens is 283 g/mol. The lowest BCUT2D eigenvalue weighted by atomic mass is 10.0. The van der Waals surface area contributed by atoms with E-state index in [-0.39, 0.29) is 18.1 Å². The molecule has 0 radical (unpaired) electrons. The molecule has 1 saturated carbocycles. The van der Waals surface area contributed by atoms with Crippen molar-refractivity contribution in [3.8, 4) is 0 Å². The zero-order valence-electron chi connectivity index (χ0n) is 12.4. The maximum absolute atomic E-state index is 13.3. The van der Waals surface area contributed by atoms with E-state index in [0.29, 0.717) is 12.5 Å². The summed E-state index contributed by atoms with van der Waals surface area (Å²) in [6, 6.07) is 4.48. The summed E-state index contributed by atoms with van der Waals surface area (Å²) in [6.45, 7) is 0.292. The Kier molecular flexibility index (Phi) is 4.43. The average molecular weight is 304 g/mol. The molecular formula is C17H21FN2O2. The number of aliphatic hydroxyl groups excluding tert-OH is 1. The molecule has 1 heterocycles. The first kappa shape index (κ1) is 15.0. The molecule has 4 nitrogen and oxygen atoms in total. The Labute approximate surface area is 128 Å². The van der Waals surface area contributed by atoms with Crippen molar-refractivity contribution in [2.75, 3.05) is 6.54 Å². The largest absolute Gasteiger partial charge is 0.391 e. The molecule has 1 aliphatic rings. The molecule has 3 N–H and O–H groups in total. The number of carbonyl (C=O) groups is 1. The van der Waals surface area contributed by atoms with Gasteiger partial charge in [0.05, 0.1) is 12.5 Å². The van der Waals surface area contributed by atoms with Crippen molar-refractivity contribution in [2.24, 2.45) is 5.92 Å². The molecule has 118 valence electrons. The number of nitrogens with one attached hydrogen (secondary N) is 2. The van der Waals surface area contributed by atoms with Gasteiger partial charge >= 0.3 is 0 Å². The Bertz CT molecular complexity index is 662. The predicted molar refractivity (Wildman–Crippen MR) is 82.9 cm³/mol. The van der Waals surface area contributed by atoms with Crippen LogP contribution in [-0.4, -0.2) is 28.6 Å². The molecule has 0 bridgehead atoms. The Morgan fingerprint density at radius 1 is 1.41 bits per heavy atom. The van der Waals surface area contributed by atoms with Crippen LogP contribution in [0.5, 0.6) is 0 Å². The number of rotatable bonds is 5. The van der Waals surface area contributed by atoms with Crippen LogP contribution in [0.3, 0.4) is 0 Å². The van der Waals surface area contributed by atoms with E-state index in [1.54, 1.807) is 12.3 Å². The highest BCUT2D eigenvalue weighted by Crippen LogP contribution is 2.27. The van der Waals surface area contributed by atoms with E-state index in [1.165, 1.54) is 12.1 Å². The quantitative estimate of drug-likeness (QED) is 0.794. The molecule has 1 atom stereocenters.